The van der Waals surface area contributed by atoms with E-state index < -0.39 is 24.0 Å². The number of hydrogen-bond donors (Lipinski definition) is 3. The minimum absolute atomic E-state index is 0.154. The van der Waals surface area contributed by atoms with Crippen molar-refractivity contribution in [1.82, 2.24) is 9.78 Å². The SMILES string of the molecule is N#C[C@H]1C[C@H](OC(=O)Nc2ccccc2)CC[C@@H]1n1cc(C(N)=O)c(Nc2ccc(F)cc2)n1. The number of nitrogens with zero attached hydrogens (tertiary/aromatic N) is 3. The number of para-hydroxylation sites is 1. The van der Waals surface area contributed by atoms with Crippen LogP contribution in [0.2, 0.25) is 0 Å². The molecule has 2 amide bonds. The zero-order chi connectivity index (χ0) is 24.1. The Morgan fingerprint density at radius 3 is 2.53 bits per heavy atom. The zero-order valence-corrected chi connectivity index (χ0v) is 18.1. The zero-order valence-electron chi connectivity index (χ0n) is 18.1. The Morgan fingerprint density at radius 1 is 1.12 bits per heavy atom. The highest BCUT2D eigenvalue weighted by atomic mass is 19.1. The van der Waals surface area contributed by atoms with E-state index in [-0.39, 0.29) is 23.2 Å². The molecule has 1 fully saturated rings. The predicted molar refractivity (Wildman–Crippen MR) is 123 cm³/mol. The molecule has 0 bridgehead atoms. The molecule has 1 aliphatic rings. The van der Waals surface area contributed by atoms with Crippen LogP contribution in [0.4, 0.5) is 26.4 Å². The van der Waals surface area contributed by atoms with E-state index >= 15 is 0 Å². The summed E-state index contributed by atoms with van der Waals surface area (Å²) in [5, 5.41) is 19.9. The molecule has 1 saturated carbocycles. The number of primary amides is 1. The molecule has 4 N–H and O–H groups in total. The van der Waals surface area contributed by atoms with Crippen molar-refractivity contribution in [3.05, 3.63) is 72.2 Å². The van der Waals surface area contributed by atoms with Crippen LogP contribution in [0, 0.1) is 23.1 Å². The van der Waals surface area contributed by atoms with Crippen LogP contribution < -0.4 is 16.4 Å². The average molecular weight is 462 g/mol. The van der Waals surface area contributed by atoms with Crippen molar-refractivity contribution in [2.24, 2.45) is 11.7 Å². The minimum Gasteiger partial charge on any atom is -0.446 e. The lowest BCUT2D eigenvalue weighted by Crippen LogP contribution is -2.33. The van der Waals surface area contributed by atoms with E-state index in [2.05, 4.69) is 21.8 Å². The Bertz CT molecular complexity index is 1210. The molecule has 10 heteroatoms. The van der Waals surface area contributed by atoms with Gasteiger partial charge in [-0.1, -0.05) is 18.2 Å². The van der Waals surface area contributed by atoms with Crippen LogP contribution in [0.5, 0.6) is 0 Å². The lowest BCUT2D eigenvalue weighted by molar-refractivity contribution is 0.0602. The van der Waals surface area contributed by atoms with Gasteiger partial charge < -0.3 is 15.8 Å². The summed E-state index contributed by atoms with van der Waals surface area (Å²) in [6, 6.07) is 16.5. The molecule has 3 aromatic rings. The maximum Gasteiger partial charge on any atom is 0.411 e. The van der Waals surface area contributed by atoms with Crippen molar-refractivity contribution < 1.29 is 18.7 Å². The molecule has 4 rings (SSSR count). The van der Waals surface area contributed by atoms with E-state index in [9.17, 15) is 19.2 Å². The van der Waals surface area contributed by atoms with Gasteiger partial charge in [-0.05, 0) is 49.2 Å². The van der Waals surface area contributed by atoms with Crippen molar-refractivity contribution in [3.63, 3.8) is 0 Å². The molecule has 174 valence electrons. The van der Waals surface area contributed by atoms with Crippen LogP contribution >= 0.6 is 0 Å². The second-order valence-corrected chi connectivity index (χ2v) is 8.00. The normalized spacial score (nSPS) is 19.6. The second kappa shape index (κ2) is 10.0. The van der Waals surface area contributed by atoms with Crippen molar-refractivity contribution in [1.29, 1.82) is 5.26 Å². The first-order chi connectivity index (χ1) is 16.4. The van der Waals surface area contributed by atoms with Crippen LogP contribution in [0.3, 0.4) is 0 Å². The van der Waals surface area contributed by atoms with Gasteiger partial charge in [0, 0.05) is 24.0 Å². The highest BCUT2D eigenvalue weighted by molar-refractivity contribution is 5.98. The standard InChI is InChI=1S/C24H23FN6O3/c25-16-6-8-18(9-7-16)28-23-20(22(27)32)14-31(30-23)21-11-10-19(12-15(21)13-26)34-24(33)29-17-4-2-1-3-5-17/h1-9,14-15,19,21H,10-12H2,(H2,27,32)(H,28,30)(H,29,33)/t15-,19-,21+/m1/s1. The number of aromatic nitrogens is 2. The molecular formula is C24H23FN6O3. The van der Waals surface area contributed by atoms with Gasteiger partial charge >= 0.3 is 6.09 Å². The fourth-order valence-corrected chi connectivity index (χ4v) is 4.00. The largest absolute Gasteiger partial charge is 0.446 e. The number of carbonyl (C=O) groups is 2. The lowest BCUT2D eigenvalue weighted by Gasteiger charge is -2.32. The maximum absolute atomic E-state index is 13.2. The topological polar surface area (TPSA) is 135 Å². The third-order valence-corrected chi connectivity index (χ3v) is 5.67. The van der Waals surface area contributed by atoms with Gasteiger partial charge in [0.05, 0.1) is 18.0 Å². The minimum atomic E-state index is -0.682. The first-order valence-electron chi connectivity index (χ1n) is 10.8. The molecule has 0 radical (unpaired) electrons. The molecule has 1 aromatic heterocycles. The fourth-order valence-electron chi connectivity index (χ4n) is 4.00. The number of rotatable bonds is 6. The average Bonchev–Trinajstić information content (AvgIpc) is 3.25. The summed E-state index contributed by atoms with van der Waals surface area (Å²) in [6.45, 7) is 0. The van der Waals surface area contributed by atoms with Crippen molar-refractivity contribution in [3.8, 4) is 6.07 Å². The Hall–Kier alpha value is -4.39. The summed E-state index contributed by atoms with van der Waals surface area (Å²) >= 11 is 0. The Balaban J connectivity index is 1.45. The Kier molecular flexibility index (Phi) is 6.73. The molecule has 1 aliphatic carbocycles. The second-order valence-electron chi connectivity index (χ2n) is 8.00. The molecule has 0 spiro atoms. The van der Waals surface area contributed by atoms with Gasteiger partial charge in [-0.3, -0.25) is 14.8 Å². The van der Waals surface area contributed by atoms with E-state index in [1.54, 1.807) is 28.9 Å². The number of nitrogens with one attached hydrogen (secondary N) is 2. The Labute approximate surface area is 195 Å². The predicted octanol–water partition coefficient (Wildman–Crippen LogP) is 4.35. The number of nitriles is 1. The monoisotopic (exact) mass is 462 g/mol. The number of amides is 2. The number of nitrogens with two attached hydrogens (primary N) is 1. The molecule has 0 saturated heterocycles. The summed E-state index contributed by atoms with van der Waals surface area (Å²) < 4.78 is 20.3. The summed E-state index contributed by atoms with van der Waals surface area (Å²) in [5.41, 5.74) is 6.83. The van der Waals surface area contributed by atoms with Crippen molar-refractivity contribution in [2.75, 3.05) is 10.6 Å². The molecule has 9 nitrogen and oxygen atoms in total. The number of ether oxygens (including phenoxy) is 1. The first kappa shape index (κ1) is 22.8. The molecular weight excluding hydrogens is 439 g/mol. The van der Waals surface area contributed by atoms with Gasteiger partial charge in [-0.15, -0.1) is 0 Å². The summed E-state index contributed by atoms with van der Waals surface area (Å²) in [4.78, 5) is 24.2. The van der Waals surface area contributed by atoms with E-state index in [0.29, 0.717) is 30.6 Å². The van der Waals surface area contributed by atoms with E-state index in [1.165, 1.54) is 30.5 Å². The van der Waals surface area contributed by atoms with Crippen LogP contribution in [-0.4, -0.2) is 27.9 Å². The molecule has 2 aromatic carbocycles. The summed E-state index contributed by atoms with van der Waals surface area (Å²) in [5.74, 6) is -1.35. The van der Waals surface area contributed by atoms with Gasteiger partial charge in [-0.25, -0.2) is 9.18 Å². The number of hydrogen-bond acceptors (Lipinski definition) is 6. The van der Waals surface area contributed by atoms with Gasteiger partial charge in [-0.2, -0.15) is 10.4 Å². The molecule has 34 heavy (non-hydrogen) atoms. The highest BCUT2D eigenvalue weighted by Gasteiger charge is 2.35. The number of benzene rings is 2. The van der Waals surface area contributed by atoms with Crippen molar-refractivity contribution in [2.45, 2.75) is 31.4 Å². The third kappa shape index (κ3) is 5.32. The molecule has 0 aliphatic heterocycles. The Morgan fingerprint density at radius 2 is 1.85 bits per heavy atom. The van der Waals surface area contributed by atoms with E-state index in [0.717, 1.165) is 0 Å². The number of anilines is 3. The van der Waals surface area contributed by atoms with Gasteiger partial charge in [0.15, 0.2) is 5.82 Å². The molecule has 0 unspecified atom stereocenters. The quantitative estimate of drug-likeness (QED) is 0.498. The lowest BCUT2D eigenvalue weighted by atomic mass is 9.83. The van der Waals surface area contributed by atoms with Crippen LogP contribution in [0.15, 0.2) is 60.8 Å². The molecule has 1 heterocycles. The fraction of sp³-hybridized carbons (Fsp3) is 0.250. The van der Waals surface area contributed by atoms with Crippen LogP contribution in [-0.2, 0) is 4.74 Å². The summed E-state index contributed by atoms with van der Waals surface area (Å²) in [6.07, 6.45) is 1.87. The first-order valence-corrected chi connectivity index (χ1v) is 10.8. The van der Waals surface area contributed by atoms with Crippen LogP contribution in [0.1, 0.15) is 35.7 Å². The smallest absolute Gasteiger partial charge is 0.411 e. The van der Waals surface area contributed by atoms with Crippen LogP contribution in [0.25, 0.3) is 0 Å². The highest BCUT2D eigenvalue weighted by Crippen LogP contribution is 2.36. The van der Waals surface area contributed by atoms with Gasteiger partial charge in [0.25, 0.3) is 5.91 Å². The summed E-state index contributed by atoms with van der Waals surface area (Å²) in [7, 11) is 0. The van der Waals surface area contributed by atoms with Gasteiger partial charge in [0.1, 0.15) is 17.5 Å². The van der Waals surface area contributed by atoms with Gasteiger partial charge in [0.2, 0.25) is 0 Å². The van der Waals surface area contributed by atoms with Crippen molar-refractivity contribution >= 4 is 29.2 Å². The number of carbonyl (C=O) groups excluding carboxylic acids is 2. The number of halogens is 1. The van der Waals surface area contributed by atoms with E-state index in [1.807, 2.05) is 6.07 Å². The maximum atomic E-state index is 13.2. The third-order valence-electron chi connectivity index (χ3n) is 5.67. The van der Waals surface area contributed by atoms with E-state index in [4.69, 9.17) is 10.5 Å². The molecule has 3 atom stereocenters.